The van der Waals surface area contributed by atoms with E-state index in [9.17, 15) is 0 Å². The number of hydrogen-bond acceptors (Lipinski definition) is 2. The van der Waals surface area contributed by atoms with Crippen LogP contribution < -0.4 is 0 Å². The van der Waals surface area contributed by atoms with Crippen LogP contribution in [0.5, 0.6) is 0 Å². The third-order valence-electron chi connectivity index (χ3n) is 6.04. The first-order valence-electron chi connectivity index (χ1n) is 13.5. The van der Waals surface area contributed by atoms with Crippen molar-refractivity contribution in [3.63, 3.8) is 0 Å². The molecule has 0 aliphatic heterocycles. The van der Waals surface area contributed by atoms with E-state index in [-0.39, 0.29) is 16.4 Å². The number of unbranched alkanes of at least 4 members (excludes halogenated alkanes) is 6. The molecule has 0 heterocycles. The van der Waals surface area contributed by atoms with Gasteiger partial charge >= 0.3 is 239 Å². The molecule has 198 valence electrons. The molecule has 0 aromatic heterocycles. The second-order valence-corrected chi connectivity index (χ2v) is 19.5. The van der Waals surface area contributed by atoms with Crippen LogP contribution in [-0.4, -0.2) is 29.6 Å². The van der Waals surface area contributed by atoms with Crippen molar-refractivity contribution in [1.82, 2.24) is 0 Å². The number of alkyl halides is 2. The summed E-state index contributed by atoms with van der Waals surface area (Å²) in [6.07, 6.45) is 25.3. The number of halogens is 2. The topological polar surface area (TPSA) is 18.5 Å². The van der Waals surface area contributed by atoms with Crippen LogP contribution >= 0.6 is 23.2 Å². The first kappa shape index (κ1) is 31.6. The number of rotatable bonds is 16. The summed E-state index contributed by atoms with van der Waals surface area (Å²) < 4.78 is 11.0. The summed E-state index contributed by atoms with van der Waals surface area (Å²) in [7, 11) is 0. The van der Waals surface area contributed by atoms with Crippen LogP contribution in [0.1, 0.15) is 106 Å². The Kier molecular flexibility index (Phi) is 13.1. The van der Waals surface area contributed by atoms with E-state index < -0.39 is 23.2 Å². The van der Waals surface area contributed by atoms with E-state index in [0.29, 0.717) is 0 Å². The first-order valence-corrected chi connectivity index (χ1v) is 16.8. The van der Waals surface area contributed by atoms with Crippen molar-refractivity contribution < 1.29 is 32.7 Å². The van der Waals surface area contributed by atoms with E-state index in [1.54, 1.807) is 0 Å². The predicted octanol–water partition coefficient (Wildman–Crippen LogP) is 9.46. The normalized spacial score (nSPS) is 24.2. The van der Waals surface area contributed by atoms with Crippen LogP contribution in [0.4, 0.5) is 0 Å². The zero-order chi connectivity index (χ0) is 26.0. The number of allylic oxidation sites excluding steroid dienone is 8. The fourth-order valence-electron chi connectivity index (χ4n) is 4.28. The van der Waals surface area contributed by atoms with Crippen molar-refractivity contribution in [3.05, 3.63) is 47.6 Å². The first-order chi connectivity index (χ1) is 16.3. The van der Waals surface area contributed by atoms with Gasteiger partial charge in [0.2, 0.25) is 0 Å². The van der Waals surface area contributed by atoms with Gasteiger partial charge in [-0.3, -0.25) is 0 Å². The van der Waals surface area contributed by atoms with E-state index in [4.69, 9.17) is 32.7 Å². The van der Waals surface area contributed by atoms with Gasteiger partial charge in [0.1, 0.15) is 0 Å². The second-order valence-electron chi connectivity index (χ2n) is 12.0. The Morgan fingerprint density at radius 1 is 0.629 bits per heavy atom. The summed E-state index contributed by atoms with van der Waals surface area (Å²) in [5.41, 5.74) is 2.71. The van der Waals surface area contributed by atoms with Gasteiger partial charge < -0.3 is 0 Å². The summed E-state index contributed by atoms with van der Waals surface area (Å²) in [4.78, 5) is 0. The minimum absolute atomic E-state index is 0.0281. The number of hydrogen-bond donors (Lipinski definition) is 0. The maximum absolute atomic E-state index is 7.05. The van der Waals surface area contributed by atoms with Crippen LogP contribution in [0.3, 0.4) is 0 Å². The molecule has 2 unspecified atom stereocenters. The van der Waals surface area contributed by atoms with Gasteiger partial charge in [-0.25, -0.2) is 0 Å². The molecule has 0 bridgehead atoms. The van der Waals surface area contributed by atoms with Crippen molar-refractivity contribution in [1.29, 1.82) is 0 Å². The van der Waals surface area contributed by atoms with Crippen molar-refractivity contribution in [2.45, 2.75) is 122 Å². The molecule has 0 saturated carbocycles. The molecule has 0 fully saturated rings. The zero-order valence-corrected chi connectivity index (χ0v) is 27.0. The summed E-state index contributed by atoms with van der Waals surface area (Å²) in [5.74, 6) is 0. The molecular weight excluding hydrogens is 554 g/mol. The molecule has 2 atom stereocenters. The minimum atomic E-state index is -1.17. The molecule has 0 aromatic rings. The monoisotopic (exact) mass is 600 g/mol. The molecule has 2 aliphatic carbocycles. The third kappa shape index (κ3) is 14.2. The van der Waals surface area contributed by atoms with Crippen molar-refractivity contribution in [3.8, 4) is 0 Å². The van der Waals surface area contributed by atoms with Crippen LogP contribution in [0, 0.1) is 0 Å². The molecular formula is C30H48Cl2O2Zr. The fourth-order valence-corrected chi connectivity index (χ4v) is 10.3. The van der Waals surface area contributed by atoms with Gasteiger partial charge in [0.15, 0.2) is 0 Å². The summed E-state index contributed by atoms with van der Waals surface area (Å²) in [6, 6.07) is 0. The summed E-state index contributed by atoms with van der Waals surface area (Å²) in [6.45, 7) is 14.4. The Balaban J connectivity index is 1.65. The van der Waals surface area contributed by atoms with E-state index in [0.717, 1.165) is 38.9 Å². The third-order valence-corrected chi connectivity index (χ3v) is 11.0. The van der Waals surface area contributed by atoms with E-state index in [1.807, 2.05) is 0 Å². The molecule has 2 rings (SSSR count). The Bertz CT molecular complexity index is 708. The molecule has 0 N–H and O–H groups in total. The van der Waals surface area contributed by atoms with Gasteiger partial charge in [-0.15, -0.1) is 0 Å². The van der Waals surface area contributed by atoms with Crippen molar-refractivity contribution >= 4 is 23.2 Å². The standard InChI is InChI=1S/2C15H24ClO.Zr/c2*1-15(2,3)17-11-7-5-4-6-8-13-9-10-14(16)12-13;/h2*9-10,12H,4-8,11H2,1-3H3;. The van der Waals surface area contributed by atoms with Gasteiger partial charge in [-0.1, -0.05) is 0 Å². The number of ether oxygens (including phenoxy) is 2. The van der Waals surface area contributed by atoms with E-state index >= 15 is 0 Å². The van der Waals surface area contributed by atoms with Gasteiger partial charge in [0.25, 0.3) is 0 Å². The molecule has 0 saturated heterocycles. The molecule has 5 heteroatoms. The van der Waals surface area contributed by atoms with E-state index in [2.05, 4.69) is 78.0 Å². The molecule has 0 aromatic carbocycles. The molecule has 35 heavy (non-hydrogen) atoms. The van der Waals surface area contributed by atoms with Crippen LogP contribution in [0.25, 0.3) is 0 Å². The SMILES string of the molecule is CC(C)(C)OCCCCCCC1=C[C](Cl)([Zr][C]2(Cl)C=CC(CCCCCCOC(C)(C)C)=C2)C=C1. The average molecular weight is 603 g/mol. The second kappa shape index (κ2) is 14.5. The average Bonchev–Trinajstić information content (AvgIpc) is 3.27. The fraction of sp³-hybridized carbons (Fsp3) is 0.733. The Morgan fingerprint density at radius 2 is 1.00 bits per heavy atom. The van der Waals surface area contributed by atoms with Gasteiger partial charge in [-0.05, 0) is 0 Å². The Hall–Kier alpha value is 0.343. The molecule has 0 spiro atoms. The quantitative estimate of drug-likeness (QED) is 0.129. The zero-order valence-electron chi connectivity index (χ0n) is 23.0. The van der Waals surface area contributed by atoms with Crippen LogP contribution in [0.15, 0.2) is 47.6 Å². The molecule has 2 nitrogen and oxygen atoms in total. The van der Waals surface area contributed by atoms with Crippen LogP contribution in [0.2, 0.25) is 0 Å². The summed E-state index contributed by atoms with van der Waals surface area (Å²) in [5, 5.41) is 0. The maximum atomic E-state index is 7.05. The van der Waals surface area contributed by atoms with Gasteiger partial charge in [0.05, 0.1) is 0 Å². The van der Waals surface area contributed by atoms with E-state index in [1.165, 1.54) is 49.7 Å². The van der Waals surface area contributed by atoms with Crippen molar-refractivity contribution in [2.24, 2.45) is 0 Å². The molecule has 0 radical (unpaired) electrons. The van der Waals surface area contributed by atoms with Gasteiger partial charge in [0, 0.05) is 0 Å². The molecule has 0 amide bonds. The van der Waals surface area contributed by atoms with Gasteiger partial charge in [-0.2, -0.15) is 0 Å². The Labute approximate surface area is 237 Å². The predicted molar refractivity (Wildman–Crippen MR) is 149 cm³/mol. The Morgan fingerprint density at radius 3 is 1.37 bits per heavy atom. The van der Waals surface area contributed by atoms with Crippen molar-refractivity contribution in [2.75, 3.05) is 13.2 Å². The van der Waals surface area contributed by atoms with Crippen LogP contribution in [-0.2, 0) is 32.7 Å². The summed E-state index contributed by atoms with van der Waals surface area (Å²) >= 11 is 12.9. The molecule has 2 aliphatic rings.